The van der Waals surface area contributed by atoms with Crippen LogP contribution in [0, 0.1) is 27.7 Å². The van der Waals surface area contributed by atoms with Crippen LogP contribution in [0.15, 0.2) is 24.5 Å². The van der Waals surface area contributed by atoms with Crippen LogP contribution in [-0.4, -0.2) is 35.5 Å². The first-order chi connectivity index (χ1) is 15.3. The number of anilines is 1. The number of nitrogens with one attached hydrogen (secondary N) is 1. The fourth-order valence-electron chi connectivity index (χ4n) is 4.11. The van der Waals surface area contributed by atoms with Crippen molar-refractivity contribution in [3.63, 3.8) is 0 Å². The van der Waals surface area contributed by atoms with Crippen molar-refractivity contribution in [2.75, 3.05) is 5.73 Å². The van der Waals surface area contributed by atoms with E-state index in [-0.39, 0.29) is 23.0 Å². The third-order valence-corrected chi connectivity index (χ3v) is 5.66. The first-order valence-electron chi connectivity index (χ1n) is 10.1. The average Bonchev–Trinajstić information content (AvgIpc) is 2.93. The summed E-state index contributed by atoms with van der Waals surface area (Å²) in [7, 11) is 0. The molecule has 0 saturated carbocycles. The normalized spacial score (nSPS) is 13.1. The molecule has 1 aliphatic rings. The van der Waals surface area contributed by atoms with Crippen LogP contribution in [0.4, 0.5) is 5.82 Å². The van der Waals surface area contributed by atoms with Gasteiger partial charge < -0.3 is 16.2 Å². The number of aromatic nitrogens is 5. The van der Waals surface area contributed by atoms with Gasteiger partial charge in [0.25, 0.3) is 5.91 Å². The number of hydrogen-bond donors (Lipinski definition) is 3. The Morgan fingerprint density at radius 3 is 2.47 bits per heavy atom. The van der Waals surface area contributed by atoms with Crippen LogP contribution in [0.2, 0.25) is 0 Å². The molecule has 0 spiro atoms. The van der Waals surface area contributed by atoms with Gasteiger partial charge in [0.15, 0.2) is 5.65 Å². The van der Waals surface area contributed by atoms with E-state index in [0.29, 0.717) is 50.9 Å². The fourth-order valence-corrected chi connectivity index (χ4v) is 4.11. The van der Waals surface area contributed by atoms with Gasteiger partial charge >= 0.3 is 0 Å². The monoisotopic (exact) mass is 427 g/mol. The largest absolute Gasteiger partial charge is 0.508 e. The van der Waals surface area contributed by atoms with Crippen molar-refractivity contribution in [1.82, 2.24) is 29.8 Å². The highest BCUT2D eigenvalue weighted by Gasteiger charge is 2.30. The lowest BCUT2D eigenvalue weighted by Crippen LogP contribution is -2.22. The van der Waals surface area contributed by atoms with Gasteiger partial charge in [0.2, 0.25) is 0 Å². The molecule has 160 valence electrons. The van der Waals surface area contributed by atoms with Crippen molar-refractivity contribution in [3.8, 4) is 11.4 Å². The van der Waals surface area contributed by atoms with Gasteiger partial charge in [-0.2, -0.15) is 0 Å². The first-order valence-corrected chi connectivity index (χ1v) is 10.1. The van der Waals surface area contributed by atoms with E-state index in [1.165, 1.54) is 0 Å². The van der Waals surface area contributed by atoms with Crippen LogP contribution in [0.5, 0.6) is 5.75 Å². The Morgan fingerprint density at radius 2 is 1.75 bits per heavy atom. The zero-order chi connectivity index (χ0) is 22.7. The number of carbonyl (C=O) groups excluding carboxylic acids is 1. The predicted octanol–water partition coefficient (Wildman–Crippen LogP) is 2.97. The fraction of sp³-hybridized carbons (Fsp3) is 0.174. The number of nitrogens with zero attached hydrogens (tertiary/aromatic N) is 5. The van der Waals surface area contributed by atoms with E-state index in [0.717, 1.165) is 5.56 Å². The Hall–Kier alpha value is -4.27. The molecule has 0 atom stereocenters. The maximum atomic E-state index is 13.3. The molecule has 0 aliphatic carbocycles. The van der Waals surface area contributed by atoms with Gasteiger partial charge in [0, 0.05) is 23.5 Å². The summed E-state index contributed by atoms with van der Waals surface area (Å²) in [6.45, 7) is 7.30. The zero-order valence-electron chi connectivity index (χ0n) is 18.1. The van der Waals surface area contributed by atoms with E-state index in [9.17, 15) is 9.90 Å². The van der Waals surface area contributed by atoms with Crippen LogP contribution in [0.25, 0.3) is 28.5 Å². The van der Waals surface area contributed by atoms with Gasteiger partial charge in [0.1, 0.15) is 23.2 Å². The smallest absolute Gasteiger partial charge is 0.260 e. The first kappa shape index (κ1) is 19.7. The molecule has 32 heavy (non-hydrogen) atoms. The molecule has 5 rings (SSSR count). The van der Waals surface area contributed by atoms with Crippen LogP contribution in [0.1, 0.15) is 44.4 Å². The number of benzene rings is 1. The number of carbonyl (C=O) groups is 1. The Labute approximate surface area is 183 Å². The molecule has 9 nitrogen and oxygen atoms in total. The molecule has 4 N–H and O–H groups in total. The Kier molecular flexibility index (Phi) is 4.23. The highest BCUT2D eigenvalue weighted by atomic mass is 16.3. The minimum Gasteiger partial charge on any atom is -0.508 e. The van der Waals surface area contributed by atoms with E-state index >= 15 is 0 Å². The highest BCUT2D eigenvalue weighted by molar-refractivity contribution is 6.18. The van der Waals surface area contributed by atoms with Gasteiger partial charge in [-0.15, -0.1) is 0 Å². The summed E-state index contributed by atoms with van der Waals surface area (Å²) in [6, 6.07) is 3.44. The van der Waals surface area contributed by atoms with Crippen molar-refractivity contribution < 1.29 is 9.90 Å². The molecule has 0 bridgehead atoms. The molecule has 1 aromatic carbocycles. The van der Waals surface area contributed by atoms with E-state index in [1.807, 2.05) is 6.92 Å². The molecule has 0 unspecified atom stereocenters. The van der Waals surface area contributed by atoms with Crippen molar-refractivity contribution >= 4 is 34.5 Å². The summed E-state index contributed by atoms with van der Waals surface area (Å²) in [6.07, 6.45) is 5.09. The number of aryl methyl sites for hydroxylation is 3. The standard InChI is InChI=1S/C23H21N7O2/c1-10-5-6-17(31)11(2)20(10)30-21(24)19-18-16(27-13(4)28-22(18)30)7-15(29-23(19)32)14-8-25-12(3)26-9-14/h5-9,31H,24H2,1-4H3,(H,29,32). The van der Waals surface area contributed by atoms with E-state index in [4.69, 9.17) is 5.73 Å². The minimum atomic E-state index is -0.375. The van der Waals surface area contributed by atoms with Crippen LogP contribution < -0.4 is 11.1 Å². The number of phenolic OH excluding ortho intramolecular Hbond substituents is 1. The number of aromatic hydroxyl groups is 1. The van der Waals surface area contributed by atoms with E-state index < -0.39 is 0 Å². The lowest BCUT2D eigenvalue weighted by atomic mass is 10.1. The summed E-state index contributed by atoms with van der Waals surface area (Å²) in [5.74, 6) is 1.15. The molecule has 0 fully saturated rings. The number of rotatable bonds is 2. The summed E-state index contributed by atoms with van der Waals surface area (Å²) >= 11 is 0. The number of nitrogen functional groups attached to an aromatic ring is 1. The lowest BCUT2D eigenvalue weighted by Gasteiger charge is -2.16. The molecule has 9 heteroatoms. The second-order valence-corrected chi connectivity index (χ2v) is 7.86. The lowest BCUT2D eigenvalue weighted by molar-refractivity contribution is 0.0976. The average molecular weight is 427 g/mol. The van der Waals surface area contributed by atoms with Crippen molar-refractivity contribution in [1.29, 1.82) is 0 Å². The van der Waals surface area contributed by atoms with Crippen LogP contribution in [0.3, 0.4) is 0 Å². The van der Waals surface area contributed by atoms with Crippen LogP contribution >= 0.6 is 0 Å². The van der Waals surface area contributed by atoms with Crippen molar-refractivity contribution in [2.24, 2.45) is 0 Å². The summed E-state index contributed by atoms with van der Waals surface area (Å²) in [4.78, 5) is 31.0. The van der Waals surface area contributed by atoms with Crippen LogP contribution in [-0.2, 0) is 0 Å². The molecule has 4 heterocycles. The quantitative estimate of drug-likeness (QED) is 0.448. The van der Waals surface area contributed by atoms with Gasteiger partial charge in [-0.25, -0.2) is 19.9 Å². The van der Waals surface area contributed by atoms with Crippen molar-refractivity contribution in [3.05, 3.63) is 64.1 Å². The summed E-state index contributed by atoms with van der Waals surface area (Å²) < 4.78 is 1.72. The Morgan fingerprint density at radius 1 is 1.03 bits per heavy atom. The number of hydrogen-bond acceptors (Lipinski definition) is 7. The molecular weight excluding hydrogens is 406 g/mol. The SMILES string of the molecule is Cc1ncc(C2=Cc3nc(C)nc4c3c(c(N)n4-c3c(C)ccc(O)c3C)C(=O)N2)cn1. The second-order valence-electron chi connectivity index (χ2n) is 7.86. The van der Waals surface area contributed by atoms with Gasteiger partial charge in [-0.05, 0) is 45.4 Å². The van der Waals surface area contributed by atoms with Crippen molar-refractivity contribution in [2.45, 2.75) is 27.7 Å². The molecule has 1 aliphatic heterocycles. The number of amides is 1. The molecular formula is C23H21N7O2. The third kappa shape index (κ3) is 2.82. The molecule has 3 aromatic heterocycles. The topological polar surface area (TPSA) is 132 Å². The summed E-state index contributed by atoms with van der Waals surface area (Å²) in [5, 5.41) is 13.8. The van der Waals surface area contributed by atoms with E-state index in [2.05, 4.69) is 25.3 Å². The Bertz CT molecular complexity index is 1470. The maximum Gasteiger partial charge on any atom is 0.260 e. The number of phenols is 1. The highest BCUT2D eigenvalue weighted by Crippen LogP contribution is 2.38. The van der Waals surface area contributed by atoms with Gasteiger partial charge in [-0.1, -0.05) is 6.07 Å². The zero-order valence-corrected chi connectivity index (χ0v) is 18.1. The molecule has 4 aromatic rings. The molecule has 0 saturated heterocycles. The third-order valence-electron chi connectivity index (χ3n) is 5.66. The van der Waals surface area contributed by atoms with E-state index in [1.54, 1.807) is 55.9 Å². The minimum absolute atomic E-state index is 0.137. The van der Waals surface area contributed by atoms with Gasteiger partial charge in [-0.3, -0.25) is 9.36 Å². The maximum absolute atomic E-state index is 13.3. The number of nitrogens with two attached hydrogens (primary N) is 1. The van der Waals surface area contributed by atoms with Gasteiger partial charge in [0.05, 0.1) is 28.0 Å². The Balaban J connectivity index is 1.86. The second kappa shape index (κ2) is 6.88. The summed E-state index contributed by atoms with van der Waals surface area (Å²) in [5.41, 5.74) is 11.3. The molecule has 0 radical (unpaired) electrons. The molecule has 1 amide bonds. The predicted molar refractivity (Wildman–Crippen MR) is 121 cm³/mol.